The molecule has 0 unspecified atom stereocenters. The van der Waals surface area contributed by atoms with Crippen molar-refractivity contribution in [1.29, 1.82) is 0 Å². The van der Waals surface area contributed by atoms with Crippen molar-refractivity contribution in [2.24, 2.45) is 7.05 Å². The Morgan fingerprint density at radius 1 is 1.19 bits per heavy atom. The molecule has 134 valence electrons. The Morgan fingerprint density at radius 3 is 2.73 bits per heavy atom. The van der Waals surface area contributed by atoms with Crippen LogP contribution in [0.5, 0.6) is 0 Å². The molecule has 2 N–H and O–H groups in total. The average Bonchev–Trinajstić information content (AvgIpc) is 3.00. The van der Waals surface area contributed by atoms with Gasteiger partial charge in [-0.2, -0.15) is 5.10 Å². The molecule has 26 heavy (non-hydrogen) atoms. The zero-order valence-corrected chi connectivity index (χ0v) is 15.2. The van der Waals surface area contributed by atoms with Gasteiger partial charge in [0.25, 0.3) is 11.8 Å². The number of hydrogen-bond acceptors (Lipinski definition) is 4. The molecule has 0 aliphatic rings. The molecule has 0 aliphatic carbocycles. The number of nitrogens with one attached hydrogen (secondary N) is 2. The molecule has 0 fully saturated rings. The number of carbonyl (C=O) groups excluding carboxylic acids is 2. The molecule has 0 atom stereocenters. The van der Waals surface area contributed by atoms with Gasteiger partial charge in [0.1, 0.15) is 0 Å². The molecule has 2 heterocycles. The summed E-state index contributed by atoms with van der Waals surface area (Å²) in [5.41, 5.74) is 1.98. The minimum Gasteiger partial charge on any atom is -0.352 e. The summed E-state index contributed by atoms with van der Waals surface area (Å²) in [7, 11) is 1.79. The first-order chi connectivity index (χ1) is 12.5. The SMILES string of the molecule is CCCNC(=O)c1ccc(NC(=O)c2cnc3c(cnn3C)c2)cc1Cl. The Bertz CT molecular complexity index is 983. The van der Waals surface area contributed by atoms with E-state index in [1.54, 1.807) is 42.2 Å². The largest absolute Gasteiger partial charge is 0.352 e. The summed E-state index contributed by atoms with van der Waals surface area (Å²) in [6.07, 6.45) is 3.99. The second-order valence-electron chi connectivity index (χ2n) is 5.81. The van der Waals surface area contributed by atoms with E-state index in [9.17, 15) is 9.59 Å². The minimum atomic E-state index is -0.317. The van der Waals surface area contributed by atoms with Crippen LogP contribution >= 0.6 is 11.6 Å². The molecular weight excluding hydrogens is 354 g/mol. The monoisotopic (exact) mass is 371 g/mol. The van der Waals surface area contributed by atoms with E-state index in [4.69, 9.17) is 11.6 Å². The minimum absolute atomic E-state index is 0.235. The van der Waals surface area contributed by atoms with Crippen LogP contribution in [-0.4, -0.2) is 33.1 Å². The number of rotatable bonds is 5. The van der Waals surface area contributed by atoms with Crippen LogP contribution in [0.2, 0.25) is 5.02 Å². The van der Waals surface area contributed by atoms with E-state index >= 15 is 0 Å². The van der Waals surface area contributed by atoms with E-state index in [1.807, 2.05) is 6.92 Å². The lowest BCUT2D eigenvalue weighted by Gasteiger charge is -2.09. The molecule has 0 saturated carbocycles. The number of carbonyl (C=O) groups is 2. The summed E-state index contributed by atoms with van der Waals surface area (Å²) in [6, 6.07) is 6.50. The summed E-state index contributed by atoms with van der Waals surface area (Å²) >= 11 is 6.18. The molecule has 8 heteroatoms. The fraction of sp³-hybridized carbons (Fsp3) is 0.222. The Labute approximate surface area is 155 Å². The zero-order chi connectivity index (χ0) is 18.7. The lowest BCUT2D eigenvalue weighted by molar-refractivity contribution is 0.0953. The number of fused-ring (bicyclic) bond motifs is 1. The first-order valence-electron chi connectivity index (χ1n) is 8.16. The third-order valence-corrected chi connectivity index (χ3v) is 4.15. The van der Waals surface area contributed by atoms with Crippen LogP contribution in [0.3, 0.4) is 0 Å². The smallest absolute Gasteiger partial charge is 0.257 e. The molecule has 0 saturated heterocycles. The predicted molar refractivity (Wildman–Crippen MR) is 101 cm³/mol. The second kappa shape index (κ2) is 7.53. The summed E-state index contributed by atoms with van der Waals surface area (Å²) in [5.74, 6) is -0.552. The van der Waals surface area contributed by atoms with Gasteiger partial charge >= 0.3 is 0 Å². The molecule has 0 bridgehead atoms. The maximum Gasteiger partial charge on any atom is 0.257 e. The van der Waals surface area contributed by atoms with E-state index in [1.165, 1.54) is 6.20 Å². The molecule has 1 aromatic carbocycles. The number of nitrogens with zero attached hydrogens (tertiary/aromatic N) is 3. The van der Waals surface area contributed by atoms with E-state index in [2.05, 4.69) is 20.7 Å². The fourth-order valence-electron chi connectivity index (χ4n) is 2.48. The maximum atomic E-state index is 12.4. The fourth-order valence-corrected chi connectivity index (χ4v) is 2.75. The number of anilines is 1. The Kier molecular flexibility index (Phi) is 5.18. The zero-order valence-electron chi connectivity index (χ0n) is 14.4. The molecule has 0 aliphatic heterocycles. The highest BCUT2D eigenvalue weighted by Crippen LogP contribution is 2.22. The quantitative estimate of drug-likeness (QED) is 0.721. The molecule has 3 aromatic rings. The van der Waals surface area contributed by atoms with Crippen molar-refractivity contribution >= 4 is 40.1 Å². The van der Waals surface area contributed by atoms with Crippen molar-refractivity contribution < 1.29 is 9.59 Å². The average molecular weight is 372 g/mol. The molecule has 0 spiro atoms. The first kappa shape index (κ1) is 17.9. The molecule has 2 aromatic heterocycles. The molecule has 0 radical (unpaired) electrons. The highest BCUT2D eigenvalue weighted by molar-refractivity contribution is 6.34. The van der Waals surface area contributed by atoms with Gasteiger partial charge in [-0.15, -0.1) is 0 Å². The van der Waals surface area contributed by atoms with Crippen LogP contribution in [0.25, 0.3) is 11.0 Å². The lowest BCUT2D eigenvalue weighted by Crippen LogP contribution is -2.24. The first-order valence-corrected chi connectivity index (χ1v) is 8.54. The standard InChI is InChI=1S/C18H18ClN5O2/c1-3-6-20-18(26)14-5-4-13(8-15(14)19)23-17(25)12-7-11-10-22-24(2)16(11)21-9-12/h4-5,7-10H,3,6H2,1-2H3,(H,20,26)(H,23,25). The van der Waals surface area contributed by atoms with E-state index in [-0.39, 0.29) is 16.8 Å². The number of amides is 2. The van der Waals surface area contributed by atoms with Crippen molar-refractivity contribution in [3.8, 4) is 0 Å². The third-order valence-electron chi connectivity index (χ3n) is 3.84. The van der Waals surface area contributed by atoms with Gasteiger partial charge in [0.15, 0.2) is 5.65 Å². The highest BCUT2D eigenvalue weighted by Gasteiger charge is 2.13. The highest BCUT2D eigenvalue weighted by atomic mass is 35.5. The normalized spacial score (nSPS) is 10.7. The maximum absolute atomic E-state index is 12.4. The van der Waals surface area contributed by atoms with E-state index < -0.39 is 0 Å². The van der Waals surface area contributed by atoms with Crippen molar-refractivity contribution in [3.05, 3.63) is 52.8 Å². The Balaban J connectivity index is 1.76. The number of benzene rings is 1. The van der Waals surface area contributed by atoms with Crippen LogP contribution in [0.1, 0.15) is 34.1 Å². The van der Waals surface area contributed by atoms with Gasteiger partial charge in [-0.1, -0.05) is 18.5 Å². The predicted octanol–water partition coefficient (Wildman–Crippen LogP) is 3.01. The molecular formula is C18H18ClN5O2. The number of aromatic nitrogens is 3. The van der Waals surface area contributed by atoms with Crippen LogP contribution < -0.4 is 10.6 Å². The van der Waals surface area contributed by atoms with Gasteiger partial charge in [0.2, 0.25) is 0 Å². The topological polar surface area (TPSA) is 88.9 Å². The number of aryl methyl sites for hydroxylation is 1. The van der Waals surface area contributed by atoms with Gasteiger partial charge in [-0.05, 0) is 30.7 Å². The van der Waals surface area contributed by atoms with E-state index in [0.717, 1.165) is 11.8 Å². The lowest BCUT2D eigenvalue weighted by atomic mass is 10.1. The van der Waals surface area contributed by atoms with Crippen molar-refractivity contribution in [2.75, 3.05) is 11.9 Å². The summed E-state index contributed by atoms with van der Waals surface area (Å²) in [6.45, 7) is 2.55. The van der Waals surface area contributed by atoms with Crippen molar-refractivity contribution in [2.45, 2.75) is 13.3 Å². The van der Waals surface area contributed by atoms with Crippen molar-refractivity contribution in [1.82, 2.24) is 20.1 Å². The molecule has 3 rings (SSSR count). The Hall–Kier alpha value is -2.93. The third kappa shape index (κ3) is 3.67. The van der Waals surface area contributed by atoms with Gasteiger partial charge in [-0.3, -0.25) is 14.3 Å². The van der Waals surface area contributed by atoms with Crippen LogP contribution in [0.15, 0.2) is 36.7 Å². The Morgan fingerprint density at radius 2 is 2.00 bits per heavy atom. The van der Waals surface area contributed by atoms with Gasteiger partial charge in [0.05, 0.1) is 22.3 Å². The van der Waals surface area contributed by atoms with Gasteiger partial charge < -0.3 is 10.6 Å². The second-order valence-corrected chi connectivity index (χ2v) is 6.22. The van der Waals surface area contributed by atoms with Crippen LogP contribution in [0.4, 0.5) is 5.69 Å². The van der Waals surface area contributed by atoms with Gasteiger partial charge in [0, 0.05) is 30.9 Å². The summed E-state index contributed by atoms with van der Waals surface area (Å²) < 4.78 is 1.64. The summed E-state index contributed by atoms with van der Waals surface area (Å²) in [5, 5.41) is 10.7. The van der Waals surface area contributed by atoms with Crippen molar-refractivity contribution in [3.63, 3.8) is 0 Å². The van der Waals surface area contributed by atoms with Gasteiger partial charge in [-0.25, -0.2) is 4.98 Å². The number of halogens is 1. The number of hydrogen-bond donors (Lipinski definition) is 2. The van der Waals surface area contributed by atoms with Crippen LogP contribution in [0, 0.1) is 0 Å². The van der Waals surface area contributed by atoms with E-state index in [0.29, 0.717) is 29.0 Å². The molecule has 2 amide bonds. The molecule has 7 nitrogen and oxygen atoms in total. The summed E-state index contributed by atoms with van der Waals surface area (Å²) in [4.78, 5) is 28.7. The number of pyridine rings is 1. The van der Waals surface area contributed by atoms with Crippen LogP contribution in [-0.2, 0) is 7.05 Å².